The van der Waals surface area contributed by atoms with Gasteiger partial charge in [-0.25, -0.2) is 0 Å². The van der Waals surface area contributed by atoms with Crippen LogP contribution in [-0.2, 0) is 12.8 Å². The van der Waals surface area contributed by atoms with Crippen molar-refractivity contribution in [2.75, 3.05) is 0 Å². The Balaban J connectivity index is 1.35. The summed E-state index contributed by atoms with van der Waals surface area (Å²) in [5.41, 5.74) is 15.8. The van der Waals surface area contributed by atoms with Crippen molar-refractivity contribution in [3.05, 3.63) is 71.2 Å². The van der Waals surface area contributed by atoms with Gasteiger partial charge in [0.25, 0.3) is 0 Å². The summed E-state index contributed by atoms with van der Waals surface area (Å²) in [4.78, 5) is 8.87. The van der Waals surface area contributed by atoms with E-state index in [0.717, 1.165) is 70.3 Å². The third kappa shape index (κ3) is 5.68. The van der Waals surface area contributed by atoms with E-state index in [0.29, 0.717) is 11.7 Å². The lowest BCUT2D eigenvalue weighted by molar-refractivity contribution is 0.509. The molecule has 0 saturated carbocycles. The zero-order valence-electron chi connectivity index (χ0n) is 20.5. The molecule has 178 valence electrons. The van der Waals surface area contributed by atoms with E-state index < -0.39 is 0 Å². The predicted molar refractivity (Wildman–Crippen MR) is 141 cm³/mol. The molecule has 0 spiro atoms. The number of rotatable bonds is 9. The van der Waals surface area contributed by atoms with Gasteiger partial charge < -0.3 is 20.3 Å². The van der Waals surface area contributed by atoms with Gasteiger partial charge in [-0.1, -0.05) is 0 Å². The molecule has 0 aliphatic carbocycles. The fraction of sp³-hybridized carbons (Fsp3) is 0.357. The lowest BCUT2D eigenvalue weighted by Crippen LogP contribution is -2.15. The Morgan fingerprint density at radius 3 is 1.47 bits per heavy atom. The van der Waals surface area contributed by atoms with Gasteiger partial charge in [0, 0.05) is 46.8 Å². The van der Waals surface area contributed by atoms with Crippen LogP contribution in [0.5, 0.6) is 0 Å². The second-order valence-corrected chi connectivity index (χ2v) is 9.35. The van der Waals surface area contributed by atoms with Gasteiger partial charge in [0.15, 0.2) is 0 Å². The van der Waals surface area contributed by atoms with Crippen molar-refractivity contribution in [2.24, 2.45) is 21.5 Å². The SMILES string of the molecule is CC(C)N=C(N)c1ccc2oc(CCCCc3cc4cc(C(N)=NC(C)C)ccc4o3)cc2c1. The molecule has 4 rings (SSSR count). The standard InChI is InChI=1S/C28H34N4O2/c1-17(2)31-27(29)19-9-11-25-21(13-19)15-23(33-25)7-5-6-8-24-16-22-14-20(10-12-26(22)34-24)28(30)32-18(3)4/h9-18H,5-8H2,1-4H3,(H2,29,31)(H2,30,32). The van der Waals surface area contributed by atoms with E-state index in [-0.39, 0.29) is 12.1 Å². The van der Waals surface area contributed by atoms with Crippen LogP contribution < -0.4 is 11.5 Å². The average Bonchev–Trinajstić information content (AvgIpc) is 3.37. The summed E-state index contributed by atoms with van der Waals surface area (Å²) in [6.45, 7) is 8.07. The zero-order valence-corrected chi connectivity index (χ0v) is 20.5. The minimum Gasteiger partial charge on any atom is -0.461 e. The van der Waals surface area contributed by atoms with Gasteiger partial charge >= 0.3 is 0 Å². The zero-order chi connectivity index (χ0) is 24.2. The van der Waals surface area contributed by atoms with Gasteiger partial charge in [0.05, 0.1) is 0 Å². The molecule has 0 aliphatic heterocycles. The van der Waals surface area contributed by atoms with Gasteiger partial charge in [-0.15, -0.1) is 0 Å². The first kappa shape index (κ1) is 23.6. The lowest BCUT2D eigenvalue weighted by atomic mass is 10.1. The number of aryl methyl sites for hydroxylation is 2. The van der Waals surface area contributed by atoms with E-state index in [1.165, 1.54) is 0 Å². The molecule has 0 fully saturated rings. The number of hydrogen-bond acceptors (Lipinski definition) is 4. The quantitative estimate of drug-likeness (QED) is 0.183. The van der Waals surface area contributed by atoms with E-state index in [1.54, 1.807) is 0 Å². The number of benzene rings is 2. The van der Waals surface area contributed by atoms with E-state index in [2.05, 4.69) is 22.1 Å². The Labute approximate surface area is 200 Å². The first-order valence-electron chi connectivity index (χ1n) is 12.0. The first-order valence-corrected chi connectivity index (χ1v) is 12.0. The van der Waals surface area contributed by atoms with Crippen molar-refractivity contribution in [2.45, 2.75) is 65.5 Å². The summed E-state index contributed by atoms with van der Waals surface area (Å²) in [6, 6.07) is 16.5. The topological polar surface area (TPSA) is 103 Å². The van der Waals surface area contributed by atoms with Crippen LogP contribution in [0, 0.1) is 0 Å². The monoisotopic (exact) mass is 458 g/mol. The van der Waals surface area contributed by atoms with Crippen molar-refractivity contribution in [3.63, 3.8) is 0 Å². The second-order valence-electron chi connectivity index (χ2n) is 9.35. The third-order valence-corrected chi connectivity index (χ3v) is 5.62. The van der Waals surface area contributed by atoms with Gasteiger partial charge in [-0.05, 0) is 89.1 Å². The normalized spacial score (nSPS) is 13.1. The molecule has 0 saturated heterocycles. The highest BCUT2D eigenvalue weighted by molar-refractivity contribution is 6.01. The van der Waals surface area contributed by atoms with E-state index in [1.807, 2.05) is 64.1 Å². The lowest BCUT2D eigenvalue weighted by Gasteiger charge is -2.03. The Morgan fingerprint density at radius 2 is 1.09 bits per heavy atom. The smallest absolute Gasteiger partial charge is 0.134 e. The van der Waals surface area contributed by atoms with E-state index in [4.69, 9.17) is 20.3 Å². The fourth-order valence-electron chi connectivity index (χ4n) is 4.07. The molecule has 0 atom stereocenters. The molecule has 0 radical (unpaired) electrons. The van der Waals surface area contributed by atoms with Crippen LogP contribution >= 0.6 is 0 Å². The van der Waals surface area contributed by atoms with Crippen LogP contribution in [0.3, 0.4) is 0 Å². The molecule has 4 aromatic rings. The maximum absolute atomic E-state index is 6.12. The average molecular weight is 459 g/mol. The number of nitrogens with zero attached hydrogens (tertiary/aromatic N) is 2. The van der Waals surface area contributed by atoms with Crippen molar-refractivity contribution in [3.8, 4) is 0 Å². The number of amidine groups is 2. The van der Waals surface area contributed by atoms with Crippen molar-refractivity contribution in [1.82, 2.24) is 0 Å². The maximum atomic E-state index is 6.12. The molecule has 0 amide bonds. The van der Waals surface area contributed by atoms with E-state index in [9.17, 15) is 0 Å². The largest absolute Gasteiger partial charge is 0.461 e. The van der Waals surface area contributed by atoms with Gasteiger partial charge in [-0.3, -0.25) is 9.98 Å². The Morgan fingerprint density at radius 1 is 0.676 bits per heavy atom. The van der Waals surface area contributed by atoms with Gasteiger partial charge in [-0.2, -0.15) is 0 Å². The first-order chi connectivity index (χ1) is 16.3. The van der Waals surface area contributed by atoms with Gasteiger partial charge in [0.1, 0.15) is 34.4 Å². The molecule has 6 heteroatoms. The molecular formula is C28H34N4O2. The summed E-state index contributed by atoms with van der Waals surface area (Å²) in [5, 5.41) is 2.12. The Bertz CT molecular complexity index is 1240. The molecule has 2 aromatic carbocycles. The fourth-order valence-corrected chi connectivity index (χ4v) is 4.07. The van der Waals surface area contributed by atoms with Crippen LogP contribution in [-0.4, -0.2) is 23.8 Å². The second kappa shape index (κ2) is 10.2. The van der Waals surface area contributed by atoms with Gasteiger partial charge in [0.2, 0.25) is 0 Å². The minimum absolute atomic E-state index is 0.168. The highest BCUT2D eigenvalue weighted by Crippen LogP contribution is 2.24. The van der Waals surface area contributed by atoms with Crippen molar-refractivity contribution in [1.29, 1.82) is 0 Å². The summed E-state index contributed by atoms with van der Waals surface area (Å²) in [5.74, 6) is 3.10. The molecule has 2 heterocycles. The van der Waals surface area contributed by atoms with E-state index >= 15 is 0 Å². The molecule has 6 nitrogen and oxygen atoms in total. The number of furan rings is 2. The summed E-state index contributed by atoms with van der Waals surface area (Å²) < 4.78 is 12.0. The highest BCUT2D eigenvalue weighted by Gasteiger charge is 2.09. The molecule has 2 aromatic heterocycles. The van der Waals surface area contributed by atoms with Crippen molar-refractivity contribution < 1.29 is 8.83 Å². The molecular weight excluding hydrogens is 424 g/mol. The number of fused-ring (bicyclic) bond motifs is 2. The number of hydrogen-bond donors (Lipinski definition) is 2. The van der Waals surface area contributed by atoms with Crippen LogP contribution in [0.4, 0.5) is 0 Å². The summed E-state index contributed by atoms with van der Waals surface area (Å²) >= 11 is 0. The maximum Gasteiger partial charge on any atom is 0.134 e. The molecule has 0 aliphatic rings. The number of aliphatic imine (C=N–C) groups is 2. The van der Waals surface area contributed by atoms with Crippen LogP contribution in [0.1, 0.15) is 63.2 Å². The molecule has 0 bridgehead atoms. The minimum atomic E-state index is 0.168. The van der Waals surface area contributed by atoms with Crippen LogP contribution in [0.2, 0.25) is 0 Å². The summed E-state index contributed by atoms with van der Waals surface area (Å²) in [6.07, 6.45) is 3.79. The number of nitrogens with two attached hydrogens (primary N) is 2. The number of unbranched alkanes of at least 4 members (excludes halogenated alkanes) is 1. The predicted octanol–water partition coefficient (Wildman–Crippen LogP) is 5.97. The molecule has 4 N–H and O–H groups in total. The van der Waals surface area contributed by atoms with Crippen LogP contribution in [0.15, 0.2) is 67.4 Å². The Hall–Kier alpha value is -3.54. The third-order valence-electron chi connectivity index (χ3n) is 5.62. The Kier molecular flexibility index (Phi) is 7.06. The molecule has 34 heavy (non-hydrogen) atoms. The summed E-state index contributed by atoms with van der Waals surface area (Å²) in [7, 11) is 0. The molecule has 0 unspecified atom stereocenters. The van der Waals surface area contributed by atoms with Crippen LogP contribution in [0.25, 0.3) is 21.9 Å². The van der Waals surface area contributed by atoms with Crippen molar-refractivity contribution >= 4 is 33.6 Å². The highest BCUT2D eigenvalue weighted by atomic mass is 16.3.